The normalized spacial score (nSPS) is 10.8. The predicted octanol–water partition coefficient (Wildman–Crippen LogP) is 5.74. The molecule has 0 spiro atoms. The van der Waals surface area contributed by atoms with E-state index >= 15 is 0 Å². The van der Waals surface area contributed by atoms with Crippen molar-refractivity contribution in [3.8, 4) is 17.2 Å². The van der Waals surface area contributed by atoms with Gasteiger partial charge >= 0.3 is 0 Å². The maximum absolute atomic E-state index is 12.0. The van der Waals surface area contributed by atoms with Gasteiger partial charge in [-0.1, -0.05) is 58.1 Å². The van der Waals surface area contributed by atoms with Crippen LogP contribution in [-0.2, 0) is 4.79 Å². The molecule has 2 aromatic carbocycles. The first-order valence-electron chi connectivity index (χ1n) is 11.6. The van der Waals surface area contributed by atoms with E-state index in [0.29, 0.717) is 12.4 Å². The number of carbonyl (C=O) groups is 1. The molecule has 2 rings (SSSR count). The van der Waals surface area contributed by atoms with E-state index in [1.807, 2.05) is 43.3 Å². The largest absolute Gasteiger partial charge is 0.494 e. The lowest BCUT2D eigenvalue weighted by molar-refractivity contribution is -0.123. The van der Waals surface area contributed by atoms with Gasteiger partial charge in [0.2, 0.25) is 0 Å². The van der Waals surface area contributed by atoms with Gasteiger partial charge in [-0.15, -0.1) is 0 Å². The van der Waals surface area contributed by atoms with Crippen LogP contribution in [0.4, 0.5) is 0 Å². The number of nitrogens with one attached hydrogen (secondary N) is 1. The maximum atomic E-state index is 12.0. The van der Waals surface area contributed by atoms with Crippen molar-refractivity contribution in [1.29, 1.82) is 0 Å². The van der Waals surface area contributed by atoms with Crippen molar-refractivity contribution in [2.75, 3.05) is 19.8 Å². The second kappa shape index (κ2) is 15.7. The van der Waals surface area contributed by atoms with E-state index in [1.165, 1.54) is 32.1 Å². The fraction of sp³-hybridized carbons (Fsp3) is 0.462. The zero-order valence-electron chi connectivity index (χ0n) is 19.3. The summed E-state index contributed by atoms with van der Waals surface area (Å²) in [6.07, 6.45) is 9.92. The summed E-state index contributed by atoms with van der Waals surface area (Å²) in [6.45, 7) is 5.51. The second-order valence-electron chi connectivity index (χ2n) is 7.56. The molecule has 1 amide bonds. The van der Waals surface area contributed by atoms with Gasteiger partial charge in [0, 0.05) is 5.56 Å². The Morgan fingerprint density at radius 2 is 1.50 bits per heavy atom. The third-order valence-electron chi connectivity index (χ3n) is 4.73. The van der Waals surface area contributed by atoms with Crippen LogP contribution in [-0.4, -0.2) is 31.9 Å². The van der Waals surface area contributed by atoms with Gasteiger partial charge in [0.1, 0.15) is 17.2 Å². The molecule has 0 aliphatic heterocycles. The predicted molar refractivity (Wildman–Crippen MR) is 129 cm³/mol. The third-order valence-corrected chi connectivity index (χ3v) is 4.73. The van der Waals surface area contributed by atoms with Crippen molar-refractivity contribution in [1.82, 2.24) is 5.43 Å². The van der Waals surface area contributed by atoms with Gasteiger partial charge in [0.05, 0.1) is 19.4 Å². The highest BCUT2D eigenvalue weighted by Gasteiger charge is 2.03. The summed E-state index contributed by atoms with van der Waals surface area (Å²) >= 11 is 0. The van der Waals surface area contributed by atoms with Gasteiger partial charge in [-0.05, 0) is 49.2 Å². The van der Waals surface area contributed by atoms with Crippen LogP contribution >= 0.6 is 0 Å². The topological polar surface area (TPSA) is 69.2 Å². The minimum Gasteiger partial charge on any atom is -0.494 e. The van der Waals surface area contributed by atoms with E-state index in [0.717, 1.165) is 36.5 Å². The van der Waals surface area contributed by atoms with Crippen LogP contribution in [0.15, 0.2) is 53.6 Å². The molecule has 6 nitrogen and oxygen atoms in total. The smallest absolute Gasteiger partial charge is 0.277 e. The molecule has 0 saturated heterocycles. The second-order valence-corrected chi connectivity index (χ2v) is 7.56. The Hall–Kier alpha value is -3.02. The summed E-state index contributed by atoms with van der Waals surface area (Å²) in [4.78, 5) is 12.0. The van der Waals surface area contributed by atoms with Crippen molar-refractivity contribution in [2.24, 2.45) is 5.10 Å². The van der Waals surface area contributed by atoms with Crippen LogP contribution in [0.3, 0.4) is 0 Å². The first-order valence-corrected chi connectivity index (χ1v) is 11.6. The molecule has 0 bridgehead atoms. The Morgan fingerprint density at radius 1 is 0.812 bits per heavy atom. The quantitative estimate of drug-likeness (QED) is 0.205. The molecule has 0 radical (unpaired) electrons. The minimum atomic E-state index is -0.336. The van der Waals surface area contributed by atoms with Gasteiger partial charge in [-0.25, -0.2) is 5.43 Å². The highest BCUT2D eigenvalue weighted by Crippen LogP contribution is 2.18. The zero-order chi connectivity index (χ0) is 22.9. The van der Waals surface area contributed by atoms with Gasteiger partial charge < -0.3 is 14.2 Å². The molecular formula is C26H36N2O4. The van der Waals surface area contributed by atoms with Crippen LogP contribution in [0.2, 0.25) is 0 Å². The van der Waals surface area contributed by atoms with E-state index < -0.39 is 0 Å². The number of hydrogen-bond donors (Lipinski definition) is 1. The summed E-state index contributed by atoms with van der Waals surface area (Å²) in [7, 11) is 0. The molecular weight excluding hydrogens is 404 g/mol. The number of ether oxygens (including phenoxy) is 3. The molecule has 0 fully saturated rings. The van der Waals surface area contributed by atoms with E-state index in [1.54, 1.807) is 18.3 Å². The fourth-order valence-corrected chi connectivity index (χ4v) is 2.99. The molecule has 0 saturated carbocycles. The monoisotopic (exact) mass is 440 g/mol. The molecule has 0 atom stereocenters. The molecule has 1 N–H and O–H groups in total. The molecule has 6 heteroatoms. The van der Waals surface area contributed by atoms with E-state index in [4.69, 9.17) is 14.2 Å². The minimum absolute atomic E-state index is 0.122. The van der Waals surface area contributed by atoms with Crippen molar-refractivity contribution >= 4 is 12.1 Å². The molecule has 174 valence electrons. The Kier molecular flexibility index (Phi) is 12.4. The lowest BCUT2D eigenvalue weighted by Gasteiger charge is -2.09. The first-order chi connectivity index (χ1) is 15.7. The molecule has 0 heterocycles. The van der Waals surface area contributed by atoms with Crippen LogP contribution in [0.5, 0.6) is 17.2 Å². The standard InChI is InChI=1S/C26H36N2O4/c1-3-5-6-7-8-11-19-30-23-14-16-24(17-15-23)32-21-26(29)28-27-20-22-12-9-10-13-25(22)31-18-4-2/h9-10,12-17,20H,3-8,11,18-19,21H2,1-2H3,(H,28,29)/b27-20-. The van der Waals surface area contributed by atoms with Gasteiger partial charge in [-0.3, -0.25) is 4.79 Å². The SMILES string of the molecule is CCCCCCCCOc1ccc(OCC(=O)N/N=C\c2ccccc2OCCC)cc1. The number of para-hydroxylation sites is 1. The van der Waals surface area contributed by atoms with Crippen molar-refractivity contribution < 1.29 is 19.0 Å². The third kappa shape index (κ3) is 10.3. The Morgan fingerprint density at radius 3 is 2.25 bits per heavy atom. The average molecular weight is 441 g/mol. The van der Waals surface area contributed by atoms with Crippen molar-refractivity contribution in [3.05, 3.63) is 54.1 Å². The molecule has 0 aliphatic rings. The van der Waals surface area contributed by atoms with Gasteiger partial charge in [0.15, 0.2) is 6.61 Å². The Balaban J connectivity index is 1.66. The lowest BCUT2D eigenvalue weighted by atomic mass is 10.1. The van der Waals surface area contributed by atoms with Crippen LogP contribution in [0.25, 0.3) is 0 Å². The van der Waals surface area contributed by atoms with Crippen LogP contribution in [0, 0.1) is 0 Å². The van der Waals surface area contributed by atoms with Crippen molar-refractivity contribution in [3.63, 3.8) is 0 Å². The summed E-state index contributed by atoms with van der Waals surface area (Å²) in [5.74, 6) is 1.82. The number of benzene rings is 2. The molecule has 0 aromatic heterocycles. The number of carbonyl (C=O) groups excluding carboxylic acids is 1. The fourth-order valence-electron chi connectivity index (χ4n) is 2.99. The summed E-state index contributed by atoms with van der Waals surface area (Å²) in [5, 5.41) is 4.00. The number of unbranched alkanes of at least 4 members (excludes halogenated alkanes) is 5. The van der Waals surface area contributed by atoms with E-state index in [2.05, 4.69) is 17.5 Å². The summed E-state index contributed by atoms with van der Waals surface area (Å²) in [6, 6.07) is 14.9. The van der Waals surface area contributed by atoms with Gasteiger partial charge in [-0.2, -0.15) is 5.10 Å². The summed E-state index contributed by atoms with van der Waals surface area (Å²) < 4.78 is 16.9. The highest BCUT2D eigenvalue weighted by molar-refractivity contribution is 5.85. The lowest BCUT2D eigenvalue weighted by Crippen LogP contribution is -2.24. The van der Waals surface area contributed by atoms with Gasteiger partial charge in [0.25, 0.3) is 5.91 Å². The summed E-state index contributed by atoms with van der Waals surface area (Å²) in [5.41, 5.74) is 3.28. The maximum Gasteiger partial charge on any atom is 0.277 e. The number of amides is 1. The molecule has 0 unspecified atom stereocenters. The van der Waals surface area contributed by atoms with E-state index in [9.17, 15) is 4.79 Å². The number of hydrazone groups is 1. The Bertz CT molecular complexity index is 806. The first kappa shape index (κ1) is 25.2. The van der Waals surface area contributed by atoms with Crippen LogP contribution < -0.4 is 19.6 Å². The van der Waals surface area contributed by atoms with Crippen LogP contribution in [0.1, 0.15) is 64.4 Å². The number of rotatable bonds is 16. The van der Waals surface area contributed by atoms with Crippen molar-refractivity contribution in [2.45, 2.75) is 58.8 Å². The molecule has 2 aromatic rings. The highest BCUT2D eigenvalue weighted by atomic mass is 16.5. The number of nitrogens with zero attached hydrogens (tertiary/aromatic N) is 1. The Labute approximate surface area is 192 Å². The van der Waals surface area contributed by atoms with E-state index in [-0.39, 0.29) is 12.5 Å². The molecule has 0 aliphatic carbocycles. The number of hydrogen-bond acceptors (Lipinski definition) is 5. The molecule has 32 heavy (non-hydrogen) atoms. The zero-order valence-corrected chi connectivity index (χ0v) is 19.3. The average Bonchev–Trinajstić information content (AvgIpc) is 2.82.